The summed E-state index contributed by atoms with van der Waals surface area (Å²) in [5.41, 5.74) is 2.44. The molecule has 1 aromatic rings. The van der Waals surface area contributed by atoms with E-state index in [1.807, 2.05) is 19.1 Å². The zero-order chi connectivity index (χ0) is 9.14. The summed E-state index contributed by atoms with van der Waals surface area (Å²) >= 11 is 0. The molecule has 1 aromatic carbocycles. The fourth-order valence-corrected chi connectivity index (χ4v) is 1.35. The fraction of sp³-hybridized carbons (Fsp3) is 0.400. The summed E-state index contributed by atoms with van der Waals surface area (Å²) in [7, 11) is 0. The van der Waals surface area contributed by atoms with E-state index in [1.54, 1.807) is 6.07 Å². The molecule has 0 heterocycles. The largest absolute Gasteiger partial charge is 0.340 e. The molecule has 0 aliphatic carbocycles. The number of hydrogen-bond donors (Lipinski definition) is 1. The molecule has 0 spiro atoms. The maximum atomic E-state index is 8.39. The van der Waals surface area contributed by atoms with E-state index >= 15 is 0 Å². The van der Waals surface area contributed by atoms with Gasteiger partial charge in [0.1, 0.15) is 0 Å². The molecule has 1 rings (SSSR count). The van der Waals surface area contributed by atoms with Crippen LogP contribution in [0.2, 0.25) is 0 Å². The summed E-state index contributed by atoms with van der Waals surface area (Å²) in [5.74, 6) is 1.01. The first-order valence-electron chi connectivity index (χ1n) is 4.07. The lowest BCUT2D eigenvalue weighted by atomic mass is 9.98. The van der Waals surface area contributed by atoms with Crippen molar-refractivity contribution in [1.82, 2.24) is 0 Å². The Morgan fingerprint density at radius 2 is 2.00 bits per heavy atom. The Balaban J connectivity index is 3.03. The second kappa shape index (κ2) is 3.59. The molecule has 0 aliphatic rings. The van der Waals surface area contributed by atoms with Gasteiger partial charge in [-0.25, -0.2) is 5.26 Å². The van der Waals surface area contributed by atoms with Crippen LogP contribution < -0.4 is 4.89 Å². The van der Waals surface area contributed by atoms with Crippen molar-refractivity contribution in [3.05, 3.63) is 29.3 Å². The number of hydrogen-bond acceptors (Lipinski definition) is 2. The maximum absolute atomic E-state index is 8.39. The zero-order valence-corrected chi connectivity index (χ0v) is 7.66. The van der Waals surface area contributed by atoms with Crippen LogP contribution >= 0.6 is 0 Å². The van der Waals surface area contributed by atoms with Gasteiger partial charge >= 0.3 is 0 Å². The lowest BCUT2D eigenvalue weighted by Gasteiger charge is -2.09. The van der Waals surface area contributed by atoms with E-state index in [1.165, 1.54) is 5.56 Å². The standard InChI is InChI=1S/C10H14O2/c1-7(2)10-5-4-9(12-11)6-8(10)3/h4-7,11H,1-3H3. The van der Waals surface area contributed by atoms with Crippen molar-refractivity contribution in [2.75, 3.05) is 0 Å². The molecule has 2 nitrogen and oxygen atoms in total. The van der Waals surface area contributed by atoms with Crippen LogP contribution in [-0.2, 0) is 0 Å². The Labute approximate surface area is 72.7 Å². The first-order chi connectivity index (χ1) is 5.65. The van der Waals surface area contributed by atoms with Crippen LogP contribution in [-0.4, -0.2) is 5.26 Å². The van der Waals surface area contributed by atoms with E-state index < -0.39 is 0 Å². The van der Waals surface area contributed by atoms with E-state index in [2.05, 4.69) is 18.7 Å². The smallest absolute Gasteiger partial charge is 0.165 e. The summed E-state index contributed by atoms with van der Waals surface area (Å²) in [4.78, 5) is 4.13. The van der Waals surface area contributed by atoms with E-state index in [0.717, 1.165) is 5.56 Å². The summed E-state index contributed by atoms with van der Waals surface area (Å²) < 4.78 is 0. The molecule has 1 N–H and O–H groups in total. The third-order valence-corrected chi connectivity index (χ3v) is 1.97. The molecule has 0 amide bonds. The molecule has 12 heavy (non-hydrogen) atoms. The van der Waals surface area contributed by atoms with E-state index in [-0.39, 0.29) is 0 Å². The lowest BCUT2D eigenvalue weighted by molar-refractivity contribution is -0.137. The van der Waals surface area contributed by atoms with Crippen LogP contribution in [0, 0.1) is 6.92 Å². The molecule has 0 aliphatic heterocycles. The van der Waals surface area contributed by atoms with Crippen molar-refractivity contribution >= 4 is 0 Å². The van der Waals surface area contributed by atoms with Gasteiger partial charge in [0.05, 0.1) is 0 Å². The molecule has 0 saturated carbocycles. The van der Waals surface area contributed by atoms with Crippen LogP contribution in [0.15, 0.2) is 18.2 Å². The molecule has 0 saturated heterocycles. The normalized spacial score (nSPS) is 10.4. The van der Waals surface area contributed by atoms with E-state index in [4.69, 9.17) is 5.26 Å². The van der Waals surface area contributed by atoms with Crippen molar-refractivity contribution in [1.29, 1.82) is 0 Å². The van der Waals surface area contributed by atoms with Crippen LogP contribution in [0.3, 0.4) is 0 Å². The van der Waals surface area contributed by atoms with Gasteiger partial charge in [-0.3, -0.25) is 0 Å². The molecule has 66 valence electrons. The Kier molecular flexibility index (Phi) is 2.71. The molecule has 0 fully saturated rings. The van der Waals surface area contributed by atoms with Crippen molar-refractivity contribution in [2.24, 2.45) is 0 Å². The minimum atomic E-state index is 0.497. The molecular weight excluding hydrogens is 152 g/mol. The first kappa shape index (κ1) is 9.07. The Hall–Kier alpha value is -1.02. The minimum absolute atomic E-state index is 0.497. The van der Waals surface area contributed by atoms with Crippen molar-refractivity contribution in [2.45, 2.75) is 26.7 Å². The van der Waals surface area contributed by atoms with Crippen LogP contribution in [0.5, 0.6) is 5.75 Å². The van der Waals surface area contributed by atoms with Crippen LogP contribution in [0.4, 0.5) is 0 Å². The van der Waals surface area contributed by atoms with Gasteiger partial charge in [-0.1, -0.05) is 19.9 Å². The average molecular weight is 166 g/mol. The predicted octanol–water partition coefficient (Wildman–Crippen LogP) is 2.97. The van der Waals surface area contributed by atoms with Gasteiger partial charge in [0.25, 0.3) is 0 Å². The van der Waals surface area contributed by atoms with Gasteiger partial charge in [0, 0.05) is 0 Å². The molecular formula is C10H14O2. The third-order valence-electron chi connectivity index (χ3n) is 1.97. The molecule has 0 radical (unpaired) electrons. The molecule has 0 atom stereocenters. The van der Waals surface area contributed by atoms with Crippen molar-refractivity contribution < 1.29 is 10.1 Å². The van der Waals surface area contributed by atoms with E-state index in [0.29, 0.717) is 11.7 Å². The predicted molar refractivity (Wildman–Crippen MR) is 48.5 cm³/mol. The summed E-state index contributed by atoms with van der Waals surface area (Å²) in [6, 6.07) is 5.57. The average Bonchev–Trinajstić information content (AvgIpc) is 2.03. The van der Waals surface area contributed by atoms with Gasteiger partial charge in [0.15, 0.2) is 5.75 Å². The summed E-state index contributed by atoms with van der Waals surface area (Å²) in [6.07, 6.45) is 0. The van der Waals surface area contributed by atoms with Gasteiger partial charge in [-0.05, 0) is 36.1 Å². The second-order valence-electron chi connectivity index (χ2n) is 3.26. The molecule has 0 bridgehead atoms. The van der Waals surface area contributed by atoms with Crippen molar-refractivity contribution in [3.63, 3.8) is 0 Å². The first-order valence-corrected chi connectivity index (χ1v) is 4.07. The quantitative estimate of drug-likeness (QED) is 0.540. The van der Waals surface area contributed by atoms with Gasteiger partial charge in [-0.2, -0.15) is 0 Å². The highest BCUT2D eigenvalue weighted by Crippen LogP contribution is 2.22. The van der Waals surface area contributed by atoms with Crippen LogP contribution in [0.25, 0.3) is 0 Å². The number of rotatable bonds is 2. The highest BCUT2D eigenvalue weighted by atomic mass is 17.1. The molecule has 2 heteroatoms. The topological polar surface area (TPSA) is 29.5 Å². The fourth-order valence-electron chi connectivity index (χ4n) is 1.35. The van der Waals surface area contributed by atoms with Gasteiger partial charge in [-0.15, -0.1) is 0 Å². The Morgan fingerprint density at radius 1 is 1.33 bits per heavy atom. The van der Waals surface area contributed by atoms with E-state index in [9.17, 15) is 0 Å². The Morgan fingerprint density at radius 3 is 2.42 bits per heavy atom. The SMILES string of the molecule is Cc1cc(OO)ccc1C(C)C. The Bertz CT molecular complexity index is 267. The lowest BCUT2D eigenvalue weighted by Crippen LogP contribution is -1.93. The number of aryl methyl sites for hydroxylation is 1. The minimum Gasteiger partial charge on any atom is -0.340 e. The summed E-state index contributed by atoms with van der Waals surface area (Å²) in [5, 5.41) is 8.39. The van der Waals surface area contributed by atoms with Gasteiger partial charge in [0.2, 0.25) is 0 Å². The molecule has 0 aromatic heterocycles. The van der Waals surface area contributed by atoms with Gasteiger partial charge < -0.3 is 4.89 Å². The van der Waals surface area contributed by atoms with Crippen LogP contribution in [0.1, 0.15) is 30.9 Å². The second-order valence-corrected chi connectivity index (χ2v) is 3.26. The maximum Gasteiger partial charge on any atom is 0.165 e. The summed E-state index contributed by atoms with van der Waals surface area (Å²) in [6.45, 7) is 6.29. The number of benzene rings is 1. The third kappa shape index (κ3) is 1.77. The zero-order valence-electron chi connectivity index (χ0n) is 7.66. The highest BCUT2D eigenvalue weighted by molar-refractivity contribution is 5.36. The van der Waals surface area contributed by atoms with Crippen molar-refractivity contribution in [3.8, 4) is 5.75 Å². The highest BCUT2D eigenvalue weighted by Gasteiger charge is 2.03. The monoisotopic (exact) mass is 166 g/mol. The molecule has 0 unspecified atom stereocenters.